The molecule has 0 fully saturated rings. The zero-order chi connectivity index (χ0) is 42.8. The lowest BCUT2D eigenvalue weighted by atomic mass is 10.1. The third-order valence-corrected chi connectivity index (χ3v) is 10.2. The highest BCUT2D eigenvalue weighted by molar-refractivity contribution is 7.47. The lowest BCUT2D eigenvalue weighted by Crippen LogP contribution is -2.37. The first-order chi connectivity index (χ1) is 28.0. The number of phosphoric ester groups is 1. The molecule has 0 saturated heterocycles. The number of esters is 2. The van der Waals surface area contributed by atoms with Crippen molar-refractivity contribution in [3.05, 3.63) is 72.9 Å². The number of phosphoric acid groups is 1. The standard InChI is InChI=1S/C48H84NO8P/c1-6-8-10-12-14-16-18-20-22-23-24-25-27-28-30-32-34-36-38-40-47(50)54-44-46(45-56-58(52,53)55-43-42-49(3,4)5)57-48(51)41-39-37-35-33-31-29-26-21-19-17-15-13-11-9-7-2/h8,10,14,16-17,19-20,22,24-25,28,30,46H,6-7,9,11-13,15,18,21,23,26-27,29,31-45H2,1-5H3/p+1/b10-8+,16-14+,19-17+,22-20+,25-24+,30-28+/t46-/m1/s1. The zero-order valence-corrected chi connectivity index (χ0v) is 38.4. The fraction of sp³-hybridized carbons (Fsp3) is 0.708. The van der Waals surface area contributed by atoms with Crippen molar-refractivity contribution in [2.24, 2.45) is 0 Å². The molecule has 0 amide bonds. The number of unbranched alkanes of at least 4 members (excludes halogenated alkanes) is 14. The van der Waals surface area contributed by atoms with Crippen molar-refractivity contribution < 1.29 is 42.1 Å². The molecule has 0 aromatic carbocycles. The molecule has 1 N–H and O–H groups in total. The van der Waals surface area contributed by atoms with Crippen LogP contribution >= 0.6 is 7.82 Å². The van der Waals surface area contributed by atoms with Gasteiger partial charge in [0, 0.05) is 12.8 Å². The van der Waals surface area contributed by atoms with Crippen LogP contribution in [0.1, 0.15) is 168 Å². The Hall–Kier alpha value is -2.55. The summed E-state index contributed by atoms with van der Waals surface area (Å²) >= 11 is 0. The summed E-state index contributed by atoms with van der Waals surface area (Å²) in [6.45, 7) is 4.24. The SMILES string of the molecule is CC/C=C/C/C=C/C/C=C/C/C=C/C/C=C/CCCCCC(=O)OC[C@H](COP(=O)(O)OCC[N+](C)(C)C)OC(=O)CCCCCCCCC/C=C/CCCCCC. The lowest BCUT2D eigenvalue weighted by molar-refractivity contribution is -0.870. The molecule has 10 heteroatoms. The molecule has 0 rings (SSSR count). The van der Waals surface area contributed by atoms with Crippen LogP contribution in [-0.2, 0) is 32.7 Å². The van der Waals surface area contributed by atoms with Gasteiger partial charge in [-0.3, -0.25) is 18.6 Å². The molecule has 1 unspecified atom stereocenters. The monoisotopic (exact) mass is 835 g/mol. The Morgan fingerprint density at radius 3 is 1.50 bits per heavy atom. The molecular formula is C48H85NO8P+. The van der Waals surface area contributed by atoms with Crippen LogP contribution in [0.5, 0.6) is 0 Å². The molecule has 0 aromatic heterocycles. The number of allylic oxidation sites excluding steroid dienone is 12. The summed E-state index contributed by atoms with van der Waals surface area (Å²) in [7, 11) is 1.44. The van der Waals surface area contributed by atoms with E-state index in [2.05, 4.69) is 86.8 Å². The van der Waals surface area contributed by atoms with Gasteiger partial charge in [-0.1, -0.05) is 145 Å². The molecule has 0 saturated carbocycles. The average Bonchev–Trinajstić information content (AvgIpc) is 3.17. The van der Waals surface area contributed by atoms with Crippen molar-refractivity contribution in [1.29, 1.82) is 0 Å². The number of carbonyl (C=O) groups excluding carboxylic acids is 2. The van der Waals surface area contributed by atoms with E-state index >= 15 is 0 Å². The Kier molecular flexibility index (Phi) is 38.1. The molecule has 9 nitrogen and oxygen atoms in total. The van der Waals surface area contributed by atoms with Crippen LogP contribution in [0, 0.1) is 0 Å². The van der Waals surface area contributed by atoms with Crippen molar-refractivity contribution in [2.75, 3.05) is 47.5 Å². The fourth-order valence-electron chi connectivity index (χ4n) is 5.68. The third kappa shape index (κ3) is 43.0. The summed E-state index contributed by atoms with van der Waals surface area (Å²) in [6, 6.07) is 0. The van der Waals surface area contributed by atoms with E-state index in [4.69, 9.17) is 18.5 Å². The number of nitrogens with zero attached hydrogens (tertiary/aromatic N) is 1. The van der Waals surface area contributed by atoms with Crippen LogP contribution in [-0.4, -0.2) is 74.9 Å². The highest BCUT2D eigenvalue weighted by Crippen LogP contribution is 2.43. The van der Waals surface area contributed by atoms with Gasteiger partial charge in [-0.25, -0.2) is 4.57 Å². The second-order valence-electron chi connectivity index (χ2n) is 16.0. The van der Waals surface area contributed by atoms with E-state index in [1.807, 2.05) is 21.1 Å². The van der Waals surface area contributed by atoms with Crippen LogP contribution in [0.4, 0.5) is 0 Å². The normalized spacial score (nSPS) is 14.2. The maximum absolute atomic E-state index is 12.7. The van der Waals surface area contributed by atoms with Gasteiger partial charge in [0.05, 0.1) is 27.7 Å². The first-order valence-electron chi connectivity index (χ1n) is 22.7. The predicted molar refractivity (Wildman–Crippen MR) is 242 cm³/mol. The van der Waals surface area contributed by atoms with Gasteiger partial charge in [0.15, 0.2) is 6.10 Å². The van der Waals surface area contributed by atoms with Crippen LogP contribution in [0.3, 0.4) is 0 Å². The molecule has 2 atom stereocenters. The van der Waals surface area contributed by atoms with E-state index in [0.29, 0.717) is 23.9 Å². The maximum Gasteiger partial charge on any atom is 0.472 e. The number of hydrogen-bond acceptors (Lipinski definition) is 7. The number of quaternary nitrogens is 1. The number of likely N-dealkylation sites (N-methyl/N-ethyl adjacent to an activating group) is 1. The molecule has 0 heterocycles. The van der Waals surface area contributed by atoms with E-state index in [9.17, 15) is 19.0 Å². The zero-order valence-electron chi connectivity index (χ0n) is 37.5. The number of hydrogen-bond donors (Lipinski definition) is 1. The van der Waals surface area contributed by atoms with Gasteiger partial charge in [-0.15, -0.1) is 0 Å². The number of ether oxygens (including phenoxy) is 2. The summed E-state index contributed by atoms with van der Waals surface area (Å²) in [4.78, 5) is 35.4. The molecule has 0 radical (unpaired) electrons. The van der Waals surface area contributed by atoms with E-state index in [0.717, 1.165) is 77.0 Å². The Balaban J connectivity index is 4.42. The third-order valence-electron chi connectivity index (χ3n) is 9.22. The highest BCUT2D eigenvalue weighted by Gasteiger charge is 2.27. The smallest absolute Gasteiger partial charge is 0.462 e. The summed E-state index contributed by atoms with van der Waals surface area (Å²) in [5.74, 6) is -0.847. The van der Waals surface area contributed by atoms with E-state index in [-0.39, 0.29) is 26.1 Å². The second-order valence-corrected chi connectivity index (χ2v) is 17.5. The van der Waals surface area contributed by atoms with E-state index in [1.165, 1.54) is 51.4 Å². The Bertz CT molecular complexity index is 1220. The van der Waals surface area contributed by atoms with Gasteiger partial charge >= 0.3 is 19.8 Å². The van der Waals surface area contributed by atoms with Gasteiger partial charge in [-0.2, -0.15) is 0 Å². The Morgan fingerprint density at radius 2 is 0.983 bits per heavy atom. The summed E-state index contributed by atoms with van der Waals surface area (Å²) < 4.78 is 34.3. The van der Waals surface area contributed by atoms with E-state index < -0.39 is 32.5 Å². The molecule has 0 aromatic rings. The lowest BCUT2D eigenvalue weighted by Gasteiger charge is -2.24. The highest BCUT2D eigenvalue weighted by atomic mass is 31.2. The fourth-order valence-corrected chi connectivity index (χ4v) is 6.42. The van der Waals surface area contributed by atoms with Crippen LogP contribution in [0.15, 0.2) is 72.9 Å². The van der Waals surface area contributed by atoms with Crippen molar-refractivity contribution in [2.45, 2.75) is 174 Å². The minimum Gasteiger partial charge on any atom is -0.462 e. The van der Waals surface area contributed by atoms with Crippen molar-refractivity contribution in [3.8, 4) is 0 Å². The van der Waals surface area contributed by atoms with Gasteiger partial charge in [0.25, 0.3) is 0 Å². The molecule has 0 spiro atoms. The van der Waals surface area contributed by atoms with Crippen LogP contribution in [0.25, 0.3) is 0 Å². The minimum atomic E-state index is -4.39. The first kappa shape index (κ1) is 55.5. The maximum atomic E-state index is 12.7. The topological polar surface area (TPSA) is 108 Å². The first-order valence-corrected chi connectivity index (χ1v) is 24.2. The predicted octanol–water partition coefficient (Wildman–Crippen LogP) is 13.0. The molecule has 0 aliphatic rings. The Morgan fingerprint density at radius 1 is 0.552 bits per heavy atom. The average molecular weight is 835 g/mol. The van der Waals surface area contributed by atoms with Gasteiger partial charge in [0.1, 0.15) is 19.8 Å². The summed E-state index contributed by atoms with van der Waals surface area (Å²) in [5, 5.41) is 0. The molecular weight excluding hydrogens is 750 g/mol. The van der Waals surface area contributed by atoms with Gasteiger partial charge < -0.3 is 18.9 Å². The molecule has 0 bridgehead atoms. The minimum absolute atomic E-state index is 0.0219. The summed E-state index contributed by atoms with van der Waals surface area (Å²) in [6.07, 6.45) is 49.5. The van der Waals surface area contributed by atoms with Crippen LogP contribution < -0.4 is 0 Å². The van der Waals surface area contributed by atoms with Crippen LogP contribution in [0.2, 0.25) is 0 Å². The van der Waals surface area contributed by atoms with Gasteiger partial charge in [-0.05, 0) is 83.5 Å². The molecule has 0 aliphatic heterocycles. The van der Waals surface area contributed by atoms with Crippen molar-refractivity contribution in [1.82, 2.24) is 0 Å². The second kappa shape index (κ2) is 39.9. The number of carbonyl (C=O) groups is 2. The molecule has 0 aliphatic carbocycles. The quantitative estimate of drug-likeness (QED) is 0.0214. The van der Waals surface area contributed by atoms with Crippen molar-refractivity contribution >= 4 is 19.8 Å². The van der Waals surface area contributed by atoms with Gasteiger partial charge in [0.2, 0.25) is 0 Å². The van der Waals surface area contributed by atoms with E-state index in [1.54, 1.807) is 0 Å². The largest absolute Gasteiger partial charge is 0.472 e. The summed E-state index contributed by atoms with van der Waals surface area (Å²) in [5.41, 5.74) is 0. The van der Waals surface area contributed by atoms with Crippen molar-refractivity contribution in [3.63, 3.8) is 0 Å². The Labute approximate surface area is 355 Å². The molecule has 334 valence electrons. The number of rotatable bonds is 40. The molecule has 58 heavy (non-hydrogen) atoms.